The molecule has 3 aromatic rings. The lowest BCUT2D eigenvalue weighted by atomic mass is 10.2. The van der Waals surface area contributed by atoms with Gasteiger partial charge in [-0.1, -0.05) is 0 Å². The molecule has 0 aliphatic carbocycles. The first-order valence-corrected chi connectivity index (χ1v) is 7.50. The molecule has 0 radical (unpaired) electrons. The van der Waals surface area contributed by atoms with Gasteiger partial charge in [-0.05, 0) is 30.7 Å². The number of carbonyl (C=O) groups is 1. The zero-order valence-electron chi connectivity index (χ0n) is 11.6. The van der Waals surface area contributed by atoms with Crippen molar-refractivity contribution in [3.8, 4) is 0 Å². The second-order valence-corrected chi connectivity index (χ2v) is 5.19. The van der Waals surface area contributed by atoms with E-state index in [9.17, 15) is 9.59 Å². The van der Waals surface area contributed by atoms with Crippen molar-refractivity contribution in [3.05, 3.63) is 52.4 Å². The minimum Gasteiger partial charge on any atom is -0.352 e. The van der Waals surface area contributed by atoms with Crippen LogP contribution in [0.1, 0.15) is 16.8 Å². The van der Waals surface area contributed by atoms with Crippen molar-refractivity contribution in [2.24, 2.45) is 0 Å². The van der Waals surface area contributed by atoms with Gasteiger partial charge in [-0.25, -0.2) is 4.68 Å². The van der Waals surface area contributed by atoms with Gasteiger partial charge in [0.15, 0.2) is 0 Å². The van der Waals surface area contributed by atoms with Crippen molar-refractivity contribution >= 4 is 28.7 Å². The largest absolute Gasteiger partial charge is 0.352 e. The topological polar surface area (TPSA) is 89.8 Å². The van der Waals surface area contributed by atoms with Gasteiger partial charge in [0.2, 0.25) is 0 Å². The van der Waals surface area contributed by atoms with E-state index in [1.165, 1.54) is 10.7 Å². The molecular formula is C14H13N5O2S. The Morgan fingerprint density at radius 3 is 2.95 bits per heavy atom. The van der Waals surface area contributed by atoms with E-state index in [1.807, 2.05) is 0 Å². The minimum absolute atomic E-state index is 0.143. The van der Waals surface area contributed by atoms with Crippen LogP contribution in [0.15, 0.2) is 41.3 Å². The number of nitrogens with one attached hydrogen (secondary N) is 1. The van der Waals surface area contributed by atoms with Crippen molar-refractivity contribution in [1.29, 1.82) is 0 Å². The zero-order valence-corrected chi connectivity index (χ0v) is 12.4. The lowest BCUT2D eigenvalue weighted by Crippen LogP contribution is -2.27. The van der Waals surface area contributed by atoms with E-state index in [-0.39, 0.29) is 11.5 Å². The monoisotopic (exact) mass is 315 g/mol. The molecule has 22 heavy (non-hydrogen) atoms. The fourth-order valence-corrected chi connectivity index (χ4v) is 2.53. The van der Waals surface area contributed by atoms with E-state index >= 15 is 0 Å². The van der Waals surface area contributed by atoms with Crippen LogP contribution in [0.5, 0.6) is 0 Å². The summed E-state index contributed by atoms with van der Waals surface area (Å²) in [5, 5.41) is 6.78. The maximum atomic E-state index is 12.0. The molecule has 0 spiro atoms. The Bertz CT molecular complexity index is 857. The average molecular weight is 315 g/mol. The molecule has 1 aromatic carbocycles. The Labute approximate surface area is 129 Å². The highest BCUT2D eigenvalue weighted by molar-refractivity contribution is 7.00. The molecule has 1 N–H and O–H groups in total. The third-order valence-corrected chi connectivity index (χ3v) is 3.69. The highest BCUT2D eigenvalue weighted by Crippen LogP contribution is 2.13. The Morgan fingerprint density at radius 2 is 2.09 bits per heavy atom. The van der Waals surface area contributed by atoms with Crippen LogP contribution in [0.25, 0.3) is 11.0 Å². The lowest BCUT2D eigenvalue weighted by molar-refractivity contribution is 0.0952. The van der Waals surface area contributed by atoms with Gasteiger partial charge in [0.25, 0.3) is 11.5 Å². The average Bonchev–Trinajstić information content (AvgIpc) is 3.00. The molecule has 8 heteroatoms. The van der Waals surface area contributed by atoms with Crippen molar-refractivity contribution in [3.63, 3.8) is 0 Å². The molecule has 2 aromatic heterocycles. The number of hydrogen-bond donors (Lipinski definition) is 1. The number of benzene rings is 1. The van der Waals surface area contributed by atoms with Gasteiger partial charge in [-0.15, -0.1) is 0 Å². The predicted octanol–water partition coefficient (Wildman–Crippen LogP) is 1.07. The van der Waals surface area contributed by atoms with Gasteiger partial charge in [0.1, 0.15) is 11.0 Å². The van der Waals surface area contributed by atoms with Crippen LogP contribution in [-0.4, -0.2) is 31.0 Å². The normalized spacial score (nSPS) is 10.7. The summed E-state index contributed by atoms with van der Waals surface area (Å²) in [5.74, 6) is -0.164. The third kappa shape index (κ3) is 3.17. The first kappa shape index (κ1) is 14.3. The van der Waals surface area contributed by atoms with E-state index in [1.54, 1.807) is 30.5 Å². The maximum absolute atomic E-state index is 12.0. The molecule has 0 saturated carbocycles. The fraction of sp³-hybridized carbons (Fsp3) is 0.214. The molecule has 0 bridgehead atoms. The Balaban J connectivity index is 1.54. The van der Waals surface area contributed by atoms with Crippen molar-refractivity contribution in [2.75, 3.05) is 6.54 Å². The van der Waals surface area contributed by atoms with Gasteiger partial charge >= 0.3 is 0 Å². The summed E-state index contributed by atoms with van der Waals surface area (Å²) in [5.41, 5.74) is 1.92. The molecule has 2 heterocycles. The summed E-state index contributed by atoms with van der Waals surface area (Å²) >= 11 is 1.12. The molecule has 1 amide bonds. The van der Waals surface area contributed by atoms with Crippen LogP contribution < -0.4 is 10.9 Å². The lowest BCUT2D eigenvalue weighted by Gasteiger charge is -2.06. The van der Waals surface area contributed by atoms with Crippen LogP contribution in [0.2, 0.25) is 0 Å². The standard InChI is InChI=1S/C14H13N5O2S/c20-13-3-1-7-16-19(13)8-2-6-15-14(21)10-4-5-11-12(9-10)18-22-17-11/h1,3-5,7,9H,2,6,8H2,(H,15,21). The maximum Gasteiger partial charge on any atom is 0.266 e. The minimum atomic E-state index is -0.164. The smallest absolute Gasteiger partial charge is 0.266 e. The first-order chi connectivity index (χ1) is 10.7. The Kier molecular flexibility index (Phi) is 4.19. The highest BCUT2D eigenvalue weighted by Gasteiger charge is 2.07. The van der Waals surface area contributed by atoms with Crippen LogP contribution in [0, 0.1) is 0 Å². The fourth-order valence-electron chi connectivity index (χ4n) is 2.01. The van der Waals surface area contributed by atoms with E-state index in [0.717, 1.165) is 22.8 Å². The van der Waals surface area contributed by atoms with Gasteiger partial charge in [-0.3, -0.25) is 9.59 Å². The summed E-state index contributed by atoms with van der Waals surface area (Å²) in [6.45, 7) is 0.935. The van der Waals surface area contributed by atoms with Crippen molar-refractivity contribution in [1.82, 2.24) is 23.8 Å². The van der Waals surface area contributed by atoms with Gasteiger partial charge < -0.3 is 5.32 Å². The molecule has 0 saturated heterocycles. The first-order valence-electron chi connectivity index (χ1n) is 6.77. The highest BCUT2D eigenvalue weighted by atomic mass is 32.1. The predicted molar refractivity (Wildman–Crippen MR) is 82.9 cm³/mol. The van der Waals surface area contributed by atoms with E-state index in [4.69, 9.17) is 0 Å². The van der Waals surface area contributed by atoms with Crippen LogP contribution in [-0.2, 0) is 6.54 Å². The second kappa shape index (κ2) is 6.44. The number of fused-ring (bicyclic) bond motifs is 1. The summed E-state index contributed by atoms with van der Waals surface area (Å²) in [7, 11) is 0. The summed E-state index contributed by atoms with van der Waals surface area (Å²) < 4.78 is 9.58. The number of amides is 1. The molecular weight excluding hydrogens is 302 g/mol. The number of nitrogens with zero attached hydrogens (tertiary/aromatic N) is 4. The third-order valence-electron chi connectivity index (χ3n) is 3.13. The summed E-state index contributed by atoms with van der Waals surface area (Å²) in [6.07, 6.45) is 2.19. The number of carbonyl (C=O) groups excluding carboxylic acids is 1. The van der Waals surface area contributed by atoms with E-state index in [2.05, 4.69) is 19.2 Å². The Hall–Kier alpha value is -2.61. The molecule has 112 valence electrons. The van der Waals surface area contributed by atoms with Gasteiger partial charge in [-0.2, -0.15) is 13.8 Å². The summed E-state index contributed by atoms with van der Waals surface area (Å²) in [4.78, 5) is 23.5. The SMILES string of the molecule is O=C(NCCCn1ncccc1=O)c1ccc2nsnc2c1. The van der Waals surface area contributed by atoms with Crippen LogP contribution in [0.4, 0.5) is 0 Å². The van der Waals surface area contributed by atoms with Crippen molar-refractivity contribution < 1.29 is 4.79 Å². The number of hydrogen-bond acceptors (Lipinski definition) is 6. The zero-order chi connectivity index (χ0) is 15.4. The molecule has 3 rings (SSSR count). The van der Waals surface area contributed by atoms with Crippen LogP contribution >= 0.6 is 11.7 Å². The van der Waals surface area contributed by atoms with Gasteiger partial charge in [0, 0.05) is 30.9 Å². The number of aryl methyl sites for hydroxylation is 1. The van der Waals surface area contributed by atoms with Crippen LogP contribution in [0.3, 0.4) is 0 Å². The summed E-state index contributed by atoms with van der Waals surface area (Å²) in [6, 6.07) is 8.29. The molecule has 0 aliphatic rings. The molecule has 0 fully saturated rings. The van der Waals surface area contributed by atoms with Crippen molar-refractivity contribution in [2.45, 2.75) is 13.0 Å². The quantitative estimate of drug-likeness (QED) is 0.711. The molecule has 7 nitrogen and oxygen atoms in total. The van der Waals surface area contributed by atoms with Gasteiger partial charge in [0.05, 0.1) is 11.7 Å². The second-order valence-electron chi connectivity index (χ2n) is 4.66. The van der Waals surface area contributed by atoms with E-state index in [0.29, 0.717) is 25.1 Å². The number of rotatable bonds is 5. The number of aromatic nitrogens is 4. The molecule has 0 atom stereocenters. The Morgan fingerprint density at radius 1 is 1.23 bits per heavy atom. The van der Waals surface area contributed by atoms with E-state index < -0.39 is 0 Å². The molecule has 0 aliphatic heterocycles. The molecule has 0 unspecified atom stereocenters.